The molecule has 0 bridgehead atoms. The van der Waals surface area contributed by atoms with Crippen molar-refractivity contribution in [2.45, 2.75) is 44.7 Å². The van der Waals surface area contributed by atoms with Gasteiger partial charge in [-0.1, -0.05) is 20.8 Å². The molecule has 0 radical (unpaired) electrons. The fraction of sp³-hybridized carbons (Fsp3) is 0.643. The van der Waals surface area contributed by atoms with Gasteiger partial charge in [0.25, 0.3) is 5.91 Å². The van der Waals surface area contributed by atoms with Gasteiger partial charge in [0.2, 0.25) is 0 Å². The lowest BCUT2D eigenvalue weighted by Gasteiger charge is -2.18. The van der Waals surface area contributed by atoms with Crippen LogP contribution < -0.4 is 10.6 Å². The number of thiazole rings is 1. The summed E-state index contributed by atoms with van der Waals surface area (Å²) < 4.78 is 0. The second-order valence-corrected chi connectivity index (χ2v) is 7.65. The summed E-state index contributed by atoms with van der Waals surface area (Å²) in [4.78, 5) is 30.5. The van der Waals surface area contributed by atoms with Crippen molar-refractivity contribution in [3.05, 3.63) is 16.1 Å². The van der Waals surface area contributed by atoms with Crippen LogP contribution in [0.3, 0.4) is 0 Å². The highest BCUT2D eigenvalue weighted by molar-refractivity contribution is 7.09. The van der Waals surface area contributed by atoms with Gasteiger partial charge < -0.3 is 10.6 Å². The average Bonchev–Trinajstić information content (AvgIpc) is 3.07. The van der Waals surface area contributed by atoms with E-state index in [-0.39, 0.29) is 23.9 Å². The maximum atomic E-state index is 12.5. The van der Waals surface area contributed by atoms with Crippen LogP contribution in [0.1, 0.15) is 37.9 Å². The highest BCUT2D eigenvalue weighted by Crippen LogP contribution is 2.28. The zero-order valence-corrected chi connectivity index (χ0v) is 13.3. The second-order valence-electron chi connectivity index (χ2n) is 6.71. The molecule has 2 aliphatic heterocycles. The minimum Gasteiger partial charge on any atom is -0.322 e. The topological polar surface area (TPSA) is 74.3 Å². The van der Waals surface area contributed by atoms with Crippen LogP contribution in [0.15, 0.2) is 5.38 Å². The molecule has 7 heteroatoms. The molecule has 2 aliphatic rings. The first-order valence-electron chi connectivity index (χ1n) is 7.12. The van der Waals surface area contributed by atoms with E-state index in [9.17, 15) is 9.59 Å². The van der Waals surface area contributed by atoms with Crippen LogP contribution in [0.25, 0.3) is 0 Å². The number of carbonyl (C=O) groups is 2. The van der Waals surface area contributed by atoms with Gasteiger partial charge >= 0.3 is 6.03 Å². The number of rotatable bonds is 2. The Hall–Kier alpha value is -1.47. The number of nitrogens with one attached hydrogen (secondary N) is 2. The van der Waals surface area contributed by atoms with Gasteiger partial charge in [-0.2, -0.15) is 0 Å². The molecule has 0 aliphatic carbocycles. The van der Waals surface area contributed by atoms with Crippen LogP contribution in [0.5, 0.6) is 0 Å². The van der Waals surface area contributed by atoms with Gasteiger partial charge in [-0.05, 0) is 13.0 Å². The third-order valence-electron chi connectivity index (χ3n) is 4.01. The first-order chi connectivity index (χ1) is 9.82. The molecule has 2 saturated heterocycles. The van der Waals surface area contributed by atoms with E-state index in [1.807, 2.05) is 5.38 Å². The van der Waals surface area contributed by atoms with E-state index in [2.05, 4.69) is 36.4 Å². The Morgan fingerprint density at radius 3 is 2.76 bits per heavy atom. The molecule has 0 saturated carbocycles. The monoisotopic (exact) mass is 308 g/mol. The summed E-state index contributed by atoms with van der Waals surface area (Å²) in [6.45, 7) is 7.81. The first-order valence-corrected chi connectivity index (χ1v) is 7.99. The fourth-order valence-corrected chi connectivity index (χ4v) is 3.67. The van der Waals surface area contributed by atoms with E-state index in [4.69, 9.17) is 0 Å². The van der Waals surface area contributed by atoms with Crippen LogP contribution in [0.4, 0.5) is 4.79 Å². The minimum atomic E-state index is -0.735. The number of imide groups is 1. The predicted molar refractivity (Wildman–Crippen MR) is 80.1 cm³/mol. The van der Waals surface area contributed by atoms with Crippen molar-refractivity contribution in [2.75, 3.05) is 13.1 Å². The third-order valence-corrected chi connectivity index (χ3v) is 4.85. The average molecular weight is 308 g/mol. The molecule has 1 aromatic heterocycles. The SMILES string of the molecule is CC(C)(C)c1csc(CN2C(=O)NC3(CCNC3)C2=O)n1. The molecule has 1 atom stereocenters. The molecular formula is C14H20N4O2S. The maximum absolute atomic E-state index is 12.5. The van der Waals surface area contributed by atoms with Crippen molar-refractivity contribution in [3.8, 4) is 0 Å². The standard InChI is InChI=1S/C14H20N4O2S/c1-13(2,3)9-7-21-10(16-9)6-18-11(19)14(17-12(18)20)4-5-15-8-14/h7,15H,4-6,8H2,1-3H3,(H,17,20). The minimum absolute atomic E-state index is 0.0252. The van der Waals surface area contributed by atoms with Gasteiger partial charge in [0.15, 0.2) is 0 Å². The maximum Gasteiger partial charge on any atom is 0.325 e. The van der Waals surface area contributed by atoms with Crippen molar-refractivity contribution < 1.29 is 9.59 Å². The molecular weight excluding hydrogens is 288 g/mol. The smallest absolute Gasteiger partial charge is 0.322 e. The number of carbonyl (C=O) groups excluding carboxylic acids is 2. The Kier molecular flexibility index (Phi) is 3.29. The molecule has 1 unspecified atom stereocenters. The van der Waals surface area contributed by atoms with E-state index >= 15 is 0 Å². The lowest BCUT2D eigenvalue weighted by Crippen LogP contribution is -2.48. The van der Waals surface area contributed by atoms with E-state index < -0.39 is 5.54 Å². The van der Waals surface area contributed by atoms with Gasteiger partial charge in [-0.3, -0.25) is 9.69 Å². The van der Waals surface area contributed by atoms with Gasteiger partial charge in [0.05, 0.1) is 12.2 Å². The molecule has 6 nitrogen and oxygen atoms in total. The normalized spacial score (nSPS) is 26.0. The van der Waals surface area contributed by atoms with Gasteiger partial charge in [0.1, 0.15) is 10.5 Å². The van der Waals surface area contributed by atoms with E-state index in [0.29, 0.717) is 13.0 Å². The molecule has 3 rings (SSSR count). The molecule has 1 aromatic rings. The van der Waals surface area contributed by atoms with Crippen molar-refractivity contribution >= 4 is 23.3 Å². The van der Waals surface area contributed by atoms with Crippen LogP contribution in [0, 0.1) is 0 Å². The molecule has 114 valence electrons. The zero-order chi connectivity index (χ0) is 15.3. The molecule has 21 heavy (non-hydrogen) atoms. The van der Waals surface area contributed by atoms with Gasteiger partial charge in [-0.25, -0.2) is 9.78 Å². The summed E-state index contributed by atoms with van der Waals surface area (Å²) in [6, 6.07) is -0.309. The highest BCUT2D eigenvalue weighted by Gasteiger charge is 2.52. The van der Waals surface area contributed by atoms with Crippen LogP contribution in [0.2, 0.25) is 0 Å². The van der Waals surface area contributed by atoms with Crippen LogP contribution in [-0.4, -0.2) is 40.5 Å². The van der Waals surface area contributed by atoms with Crippen molar-refractivity contribution in [1.29, 1.82) is 0 Å². The molecule has 0 aromatic carbocycles. The number of nitrogens with zero attached hydrogens (tertiary/aromatic N) is 2. The van der Waals surface area contributed by atoms with E-state index in [0.717, 1.165) is 17.2 Å². The lowest BCUT2D eigenvalue weighted by molar-refractivity contribution is -0.131. The number of hydrogen-bond donors (Lipinski definition) is 2. The largest absolute Gasteiger partial charge is 0.325 e. The number of urea groups is 1. The van der Waals surface area contributed by atoms with E-state index in [1.165, 1.54) is 16.2 Å². The Morgan fingerprint density at radius 2 is 2.19 bits per heavy atom. The Balaban J connectivity index is 1.77. The molecule has 3 heterocycles. The van der Waals surface area contributed by atoms with Crippen LogP contribution >= 0.6 is 11.3 Å². The first kappa shape index (κ1) is 14.5. The number of hydrogen-bond acceptors (Lipinski definition) is 5. The Bertz CT molecular complexity index is 584. The summed E-state index contributed by atoms with van der Waals surface area (Å²) >= 11 is 1.50. The van der Waals surface area contributed by atoms with Crippen LogP contribution in [-0.2, 0) is 16.8 Å². The summed E-state index contributed by atoms with van der Waals surface area (Å²) in [7, 11) is 0. The lowest BCUT2D eigenvalue weighted by atomic mass is 9.93. The molecule has 1 spiro atoms. The summed E-state index contributed by atoms with van der Waals surface area (Å²) in [5.41, 5.74) is 0.232. The highest BCUT2D eigenvalue weighted by atomic mass is 32.1. The number of aromatic nitrogens is 1. The van der Waals surface area contributed by atoms with Crippen molar-refractivity contribution in [3.63, 3.8) is 0 Å². The van der Waals surface area contributed by atoms with Crippen molar-refractivity contribution in [1.82, 2.24) is 20.5 Å². The zero-order valence-electron chi connectivity index (χ0n) is 12.5. The summed E-state index contributed by atoms with van der Waals surface area (Å²) in [5, 5.41) is 8.78. The molecule has 3 amide bonds. The van der Waals surface area contributed by atoms with Gasteiger partial charge in [0, 0.05) is 17.3 Å². The second kappa shape index (κ2) is 4.78. The van der Waals surface area contributed by atoms with Gasteiger partial charge in [-0.15, -0.1) is 11.3 Å². The fourth-order valence-electron chi connectivity index (χ4n) is 2.66. The summed E-state index contributed by atoms with van der Waals surface area (Å²) in [6.07, 6.45) is 0.652. The molecule has 2 fully saturated rings. The predicted octanol–water partition coefficient (Wildman–Crippen LogP) is 1.22. The molecule has 2 N–H and O–H groups in total. The third kappa shape index (κ3) is 2.44. The summed E-state index contributed by atoms with van der Waals surface area (Å²) in [5.74, 6) is -0.134. The quantitative estimate of drug-likeness (QED) is 0.806. The Morgan fingerprint density at radius 1 is 1.43 bits per heavy atom. The van der Waals surface area contributed by atoms with E-state index in [1.54, 1.807) is 0 Å². The Labute approximate surface area is 127 Å². The van der Waals surface area contributed by atoms with Crippen molar-refractivity contribution in [2.24, 2.45) is 0 Å². The number of amides is 3.